The number of thiophene rings is 1. The van der Waals surface area contributed by atoms with E-state index in [1.165, 1.54) is 34.3 Å². The zero-order valence-electron chi connectivity index (χ0n) is 22.0. The van der Waals surface area contributed by atoms with Gasteiger partial charge in [0, 0.05) is 61.5 Å². The first kappa shape index (κ1) is 26.1. The molecule has 39 heavy (non-hydrogen) atoms. The Morgan fingerprint density at radius 3 is 2.59 bits per heavy atom. The molecule has 0 unspecified atom stereocenters. The number of aryl methyl sites for hydroxylation is 1. The molecular formula is C28H31N5O4S2. The molecule has 1 aliphatic carbocycles. The minimum Gasteiger partial charge on any atom is -0.481 e. The van der Waals surface area contributed by atoms with Crippen LogP contribution in [0.5, 0.6) is 5.88 Å². The number of piperazine rings is 1. The van der Waals surface area contributed by atoms with Gasteiger partial charge in [-0.25, -0.2) is 18.4 Å². The number of ether oxygens (including phenoxy) is 1. The van der Waals surface area contributed by atoms with E-state index in [0.717, 1.165) is 49.3 Å². The number of hydrogen-bond donors (Lipinski definition) is 0. The molecule has 204 valence electrons. The molecule has 1 saturated heterocycles. The fourth-order valence-electron chi connectivity index (χ4n) is 5.58. The standard InChI is InChI=1S/C28H31N5O4S2/c1-37-26-8-6-22(16-29-26)25-15-24-27(38-25)28(34)33(18-30-24)23-7-5-20-13-19(3-4-21(20)14-23)17-31-9-11-32(12-10-31)39(2,35)36/h3-4,6,8,13,15-16,18,23H,5,7,9-12,14,17H2,1-2H3/t23-/m0/s1. The van der Waals surface area contributed by atoms with Crippen molar-refractivity contribution in [3.05, 3.63) is 76.0 Å². The number of pyridine rings is 1. The van der Waals surface area contributed by atoms with Gasteiger partial charge in [0.05, 0.1) is 25.2 Å². The number of rotatable bonds is 6. The molecule has 1 aromatic carbocycles. The molecule has 3 aromatic heterocycles. The Balaban J connectivity index is 1.16. The summed E-state index contributed by atoms with van der Waals surface area (Å²) >= 11 is 1.46. The number of benzene rings is 1. The second-order valence-corrected chi connectivity index (χ2v) is 13.3. The number of nitrogens with zero attached hydrogens (tertiary/aromatic N) is 5. The van der Waals surface area contributed by atoms with Gasteiger partial charge in [0.2, 0.25) is 15.9 Å². The predicted molar refractivity (Wildman–Crippen MR) is 153 cm³/mol. The monoisotopic (exact) mass is 565 g/mol. The summed E-state index contributed by atoms with van der Waals surface area (Å²) in [5, 5.41) is 0. The van der Waals surface area contributed by atoms with E-state index in [1.807, 2.05) is 22.8 Å². The normalized spacial score (nSPS) is 18.8. The van der Waals surface area contributed by atoms with Gasteiger partial charge in [-0.1, -0.05) is 18.2 Å². The zero-order chi connectivity index (χ0) is 27.1. The zero-order valence-corrected chi connectivity index (χ0v) is 23.7. The summed E-state index contributed by atoms with van der Waals surface area (Å²) in [7, 11) is -1.53. The molecular weight excluding hydrogens is 534 g/mol. The molecule has 4 heterocycles. The van der Waals surface area contributed by atoms with E-state index in [0.29, 0.717) is 29.2 Å². The lowest BCUT2D eigenvalue weighted by molar-refractivity contribution is 0.182. The van der Waals surface area contributed by atoms with Crippen molar-refractivity contribution in [2.24, 2.45) is 0 Å². The van der Waals surface area contributed by atoms with Crippen LogP contribution in [0.2, 0.25) is 0 Å². The third kappa shape index (κ3) is 5.36. The summed E-state index contributed by atoms with van der Waals surface area (Å²) in [6, 6.07) is 12.4. The SMILES string of the molecule is COc1ccc(-c2cc3ncn([C@H]4CCc5cc(CN6CCN(S(C)(=O)=O)CC6)ccc5C4)c(=O)c3s2)cn1. The van der Waals surface area contributed by atoms with Gasteiger partial charge >= 0.3 is 0 Å². The molecule has 1 atom stereocenters. The number of hydrogen-bond acceptors (Lipinski definition) is 8. The van der Waals surface area contributed by atoms with Crippen LogP contribution >= 0.6 is 11.3 Å². The summed E-state index contributed by atoms with van der Waals surface area (Å²) in [5.74, 6) is 0.553. The summed E-state index contributed by atoms with van der Waals surface area (Å²) in [5.41, 5.74) is 5.52. The van der Waals surface area contributed by atoms with Crippen LogP contribution in [-0.4, -0.2) is 71.7 Å². The van der Waals surface area contributed by atoms with Crippen molar-refractivity contribution in [2.75, 3.05) is 39.5 Å². The Morgan fingerprint density at radius 2 is 1.87 bits per heavy atom. The molecule has 0 radical (unpaired) electrons. The summed E-state index contributed by atoms with van der Waals surface area (Å²) < 4.78 is 32.7. The van der Waals surface area contributed by atoms with E-state index in [1.54, 1.807) is 23.9 Å². The van der Waals surface area contributed by atoms with Gasteiger partial charge in [-0.05, 0) is 48.1 Å². The lowest BCUT2D eigenvalue weighted by Gasteiger charge is -2.33. The second-order valence-electron chi connectivity index (χ2n) is 10.3. The topological polar surface area (TPSA) is 97.6 Å². The maximum absolute atomic E-state index is 13.5. The van der Waals surface area contributed by atoms with Gasteiger partial charge in [-0.2, -0.15) is 4.31 Å². The van der Waals surface area contributed by atoms with Crippen LogP contribution in [0.15, 0.2) is 53.7 Å². The van der Waals surface area contributed by atoms with Crippen molar-refractivity contribution < 1.29 is 13.2 Å². The first-order chi connectivity index (χ1) is 18.8. The van der Waals surface area contributed by atoms with Crippen LogP contribution in [0.4, 0.5) is 0 Å². The van der Waals surface area contributed by atoms with E-state index < -0.39 is 10.0 Å². The third-order valence-corrected chi connectivity index (χ3v) is 10.2. The van der Waals surface area contributed by atoms with Gasteiger partial charge in [-0.15, -0.1) is 11.3 Å². The van der Waals surface area contributed by atoms with Gasteiger partial charge in [0.25, 0.3) is 5.56 Å². The van der Waals surface area contributed by atoms with Gasteiger partial charge in [0.1, 0.15) is 4.70 Å². The molecule has 0 saturated carbocycles. The van der Waals surface area contributed by atoms with Crippen molar-refractivity contribution in [1.29, 1.82) is 0 Å². The first-order valence-corrected chi connectivity index (χ1v) is 15.7. The fraction of sp³-hybridized carbons (Fsp3) is 0.393. The van der Waals surface area contributed by atoms with Crippen molar-refractivity contribution in [2.45, 2.75) is 31.8 Å². The first-order valence-electron chi connectivity index (χ1n) is 13.1. The molecule has 0 bridgehead atoms. The average molecular weight is 566 g/mol. The van der Waals surface area contributed by atoms with E-state index in [2.05, 4.69) is 33.1 Å². The van der Waals surface area contributed by atoms with Crippen LogP contribution in [0.25, 0.3) is 20.7 Å². The molecule has 0 N–H and O–H groups in total. The smallest absolute Gasteiger partial charge is 0.271 e. The maximum Gasteiger partial charge on any atom is 0.271 e. The lowest BCUT2D eigenvalue weighted by atomic mass is 9.87. The fourth-order valence-corrected chi connectivity index (χ4v) is 7.44. The van der Waals surface area contributed by atoms with Gasteiger partial charge in [0.15, 0.2) is 0 Å². The Hall–Kier alpha value is -3.12. The molecule has 9 nitrogen and oxygen atoms in total. The van der Waals surface area contributed by atoms with E-state index >= 15 is 0 Å². The third-order valence-electron chi connectivity index (χ3n) is 7.77. The molecule has 0 amide bonds. The van der Waals surface area contributed by atoms with Crippen LogP contribution in [-0.2, 0) is 29.4 Å². The Bertz CT molecular complexity index is 1670. The van der Waals surface area contributed by atoms with Crippen LogP contribution < -0.4 is 10.3 Å². The minimum absolute atomic E-state index is 0.0102. The largest absolute Gasteiger partial charge is 0.481 e. The lowest BCUT2D eigenvalue weighted by Crippen LogP contribution is -2.47. The van der Waals surface area contributed by atoms with E-state index in [4.69, 9.17) is 4.74 Å². The number of sulfonamides is 1. The molecule has 1 aliphatic heterocycles. The predicted octanol–water partition coefficient (Wildman–Crippen LogP) is 3.34. The van der Waals surface area contributed by atoms with Crippen LogP contribution in [0, 0.1) is 0 Å². The van der Waals surface area contributed by atoms with E-state index in [-0.39, 0.29) is 11.6 Å². The Kier molecular flexibility index (Phi) is 7.00. The highest BCUT2D eigenvalue weighted by Gasteiger charge is 2.25. The van der Waals surface area contributed by atoms with Crippen molar-refractivity contribution in [3.8, 4) is 16.3 Å². The number of aromatic nitrogens is 3. The second kappa shape index (κ2) is 10.5. The van der Waals surface area contributed by atoms with Crippen LogP contribution in [0.1, 0.15) is 29.2 Å². The van der Waals surface area contributed by atoms with Crippen molar-refractivity contribution in [1.82, 2.24) is 23.7 Å². The highest BCUT2D eigenvalue weighted by atomic mass is 32.2. The number of methoxy groups -OCH3 is 1. The minimum atomic E-state index is -3.12. The molecule has 0 spiro atoms. The molecule has 11 heteroatoms. The Labute approximate surface area is 231 Å². The highest BCUT2D eigenvalue weighted by Crippen LogP contribution is 2.33. The molecule has 1 fully saturated rings. The number of fused-ring (bicyclic) bond motifs is 2. The quantitative estimate of drug-likeness (QED) is 0.354. The van der Waals surface area contributed by atoms with Gasteiger partial charge in [-0.3, -0.25) is 14.3 Å². The summed E-state index contributed by atoms with van der Waals surface area (Å²) in [6.45, 7) is 3.38. The average Bonchev–Trinajstić information content (AvgIpc) is 3.38. The maximum atomic E-state index is 13.5. The van der Waals surface area contributed by atoms with Gasteiger partial charge < -0.3 is 4.74 Å². The summed E-state index contributed by atoms with van der Waals surface area (Å²) in [4.78, 5) is 25.7. The highest BCUT2D eigenvalue weighted by molar-refractivity contribution is 7.88. The molecule has 6 rings (SSSR count). The Morgan fingerprint density at radius 1 is 1.05 bits per heavy atom. The van der Waals surface area contributed by atoms with E-state index in [9.17, 15) is 13.2 Å². The molecule has 2 aliphatic rings. The van der Waals surface area contributed by atoms with Crippen molar-refractivity contribution in [3.63, 3.8) is 0 Å². The van der Waals surface area contributed by atoms with Crippen LogP contribution in [0.3, 0.4) is 0 Å². The molecule has 4 aromatic rings. The van der Waals surface area contributed by atoms with Crippen molar-refractivity contribution >= 4 is 31.6 Å². The summed E-state index contributed by atoms with van der Waals surface area (Å²) in [6.07, 6.45) is 7.33.